The van der Waals surface area contributed by atoms with E-state index in [2.05, 4.69) is 22.4 Å². The first kappa shape index (κ1) is 12.3. The third kappa shape index (κ3) is 4.08. The molecule has 0 aliphatic rings. The first-order chi connectivity index (χ1) is 7.13. The van der Waals surface area contributed by atoms with Crippen LogP contribution in [0.3, 0.4) is 0 Å². The number of carboxylic acids is 1. The van der Waals surface area contributed by atoms with E-state index in [1.807, 2.05) is 6.26 Å². The maximum Gasteiger partial charge on any atom is 0.313 e. The van der Waals surface area contributed by atoms with Crippen molar-refractivity contribution in [3.63, 3.8) is 0 Å². The van der Waals surface area contributed by atoms with Crippen LogP contribution in [0.4, 0.5) is 0 Å². The predicted octanol–water partition coefficient (Wildman–Crippen LogP) is 0.601. The van der Waals surface area contributed by atoms with E-state index in [0.717, 1.165) is 11.8 Å². The molecule has 0 saturated heterocycles. The van der Waals surface area contributed by atoms with Crippen molar-refractivity contribution in [2.75, 3.05) is 12.0 Å². The van der Waals surface area contributed by atoms with Gasteiger partial charge in [-0.05, 0) is 16.7 Å². The zero-order valence-corrected chi connectivity index (χ0v) is 10.1. The Morgan fingerprint density at radius 1 is 1.67 bits per heavy atom. The van der Waals surface area contributed by atoms with Crippen LogP contribution in [0.15, 0.2) is 5.16 Å². The quantitative estimate of drug-likeness (QED) is 0.738. The summed E-state index contributed by atoms with van der Waals surface area (Å²) in [6.07, 6.45) is 2.01. The summed E-state index contributed by atoms with van der Waals surface area (Å²) in [5.74, 6) is -0.888. The number of tetrazole rings is 1. The van der Waals surface area contributed by atoms with Crippen molar-refractivity contribution < 1.29 is 9.90 Å². The molecular formula is C7H12N4O2S2. The predicted molar refractivity (Wildman–Crippen MR) is 59.2 cm³/mol. The number of carbonyl (C=O) groups is 1. The SMILES string of the molecule is CSC(C)Cn1nnnc1SCC(=O)O. The highest BCUT2D eigenvalue weighted by Gasteiger charge is 2.11. The Morgan fingerprint density at radius 2 is 2.40 bits per heavy atom. The minimum absolute atomic E-state index is 0.0198. The average molecular weight is 248 g/mol. The Kier molecular flexibility index (Phi) is 4.89. The lowest BCUT2D eigenvalue weighted by Gasteiger charge is -2.08. The normalized spacial score (nSPS) is 12.7. The smallest absolute Gasteiger partial charge is 0.313 e. The summed E-state index contributed by atoms with van der Waals surface area (Å²) in [6, 6.07) is 0. The Morgan fingerprint density at radius 3 is 3.00 bits per heavy atom. The third-order valence-electron chi connectivity index (χ3n) is 1.66. The lowest BCUT2D eigenvalue weighted by Crippen LogP contribution is -2.12. The number of aromatic nitrogens is 4. The van der Waals surface area contributed by atoms with Crippen molar-refractivity contribution in [1.29, 1.82) is 0 Å². The zero-order chi connectivity index (χ0) is 11.3. The van der Waals surface area contributed by atoms with Gasteiger partial charge in [-0.2, -0.15) is 11.8 Å². The van der Waals surface area contributed by atoms with Gasteiger partial charge in [-0.15, -0.1) is 5.10 Å². The summed E-state index contributed by atoms with van der Waals surface area (Å²) in [7, 11) is 0. The lowest BCUT2D eigenvalue weighted by molar-refractivity contribution is -0.133. The summed E-state index contributed by atoms with van der Waals surface area (Å²) in [5, 5.41) is 20.6. The Bertz CT molecular complexity index is 331. The van der Waals surface area contributed by atoms with Crippen molar-refractivity contribution in [3.05, 3.63) is 0 Å². The molecule has 0 spiro atoms. The van der Waals surface area contributed by atoms with Crippen molar-refractivity contribution >= 4 is 29.5 Å². The molecule has 6 nitrogen and oxygen atoms in total. The number of rotatable bonds is 6. The number of hydrogen-bond donors (Lipinski definition) is 1. The van der Waals surface area contributed by atoms with Crippen LogP contribution in [-0.4, -0.2) is 48.5 Å². The van der Waals surface area contributed by atoms with Crippen LogP contribution < -0.4 is 0 Å². The number of nitrogens with zero attached hydrogens (tertiary/aromatic N) is 4. The minimum atomic E-state index is -0.868. The largest absolute Gasteiger partial charge is 0.481 e. The van der Waals surface area contributed by atoms with E-state index in [1.54, 1.807) is 16.4 Å². The average Bonchev–Trinajstić information content (AvgIpc) is 2.62. The molecule has 0 aromatic carbocycles. The highest BCUT2D eigenvalue weighted by atomic mass is 32.2. The van der Waals surface area contributed by atoms with E-state index in [4.69, 9.17) is 5.11 Å². The fraction of sp³-hybridized carbons (Fsp3) is 0.714. The fourth-order valence-corrected chi connectivity index (χ4v) is 1.76. The standard InChI is InChI=1S/C7H12N4O2S2/c1-5(14-2)3-11-7(8-9-10-11)15-4-6(12)13/h5H,3-4H2,1-2H3,(H,12,13). The molecule has 0 bridgehead atoms. The lowest BCUT2D eigenvalue weighted by atomic mass is 10.5. The number of hydrogen-bond acceptors (Lipinski definition) is 6. The second kappa shape index (κ2) is 5.96. The molecule has 1 N–H and O–H groups in total. The molecule has 0 fully saturated rings. The van der Waals surface area contributed by atoms with Crippen molar-refractivity contribution in [1.82, 2.24) is 20.2 Å². The first-order valence-corrected chi connectivity index (χ1v) is 6.54. The Balaban J connectivity index is 2.56. The van der Waals surface area contributed by atoms with E-state index < -0.39 is 5.97 Å². The second-order valence-corrected chi connectivity index (χ2v) is 5.09. The summed E-state index contributed by atoms with van der Waals surface area (Å²) in [4.78, 5) is 10.4. The molecule has 0 saturated carbocycles. The molecule has 0 aliphatic heterocycles. The van der Waals surface area contributed by atoms with Gasteiger partial charge in [0, 0.05) is 5.25 Å². The fourth-order valence-electron chi connectivity index (χ4n) is 0.859. The van der Waals surface area contributed by atoms with Gasteiger partial charge in [0.1, 0.15) is 0 Å². The van der Waals surface area contributed by atoms with Crippen molar-refractivity contribution in [2.45, 2.75) is 23.9 Å². The molecule has 1 aromatic heterocycles. The molecule has 84 valence electrons. The Hall–Kier alpha value is -0.760. The summed E-state index contributed by atoms with van der Waals surface area (Å²) < 4.78 is 1.63. The number of carboxylic acid groups (broad SMARTS) is 1. The molecule has 0 radical (unpaired) electrons. The number of thioether (sulfide) groups is 2. The second-order valence-electron chi connectivity index (χ2n) is 2.87. The monoisotopic (exact) mass is 248 g/mol. The molecule has 1 unspecified atom stereocenters. The zero-order valence-electron chi connectivity index (χ0n) is 8.45. The van der Waals surface area contributed by atoms with Crippen LogP contribution in [0.1, 0.15) is 6.92 Å². The molecule has 15 heavy (non-hydrogen) atoms. The van der Waals surface area contributed by atoms with Crippen LogP contribution >= 0.6 is 23.5 Å². The van der Waals surface area contributed by atoms with Crippen LogP contribution in [0.5, 0.6) is 0 Å². The van der Waals surface area contributed by atoms with Crippen molar-refractivity contribution in [2.24, 2.45) is 0 Å². The van der Waals surface area contributed by atoms with Crippen LogP contribution in [0, 0.1) is 0 Å². The molecule has 1 heterocycles. The summed E-state index contributed by atoms with van der Waals surface area (Å²) in [6.45, 7) is 2.76. The van der Waals surface area contributed by atoms with Crippen LogP contribution in [-0.2, 0) is 11.3 Å². The number of aliphatic carboxylic acids is 1. The van der Waals surface area contributed by atoms with Gasteiger partial charge in [-0.1, -0.05) is 18.7 Å². The van der Waals surface area contributed by atoms with Gasteiger partial charge in [0.15, 0.2) is 0 Å². The summed E-state index contributed by atoms with van der Waals surface area (Å²) in [5.41, 5.74) is 0. The van der Waals surface area contributed by atoms with E-state index in [0.29, 0.717) is 17.0 Å². The van der Waals surface area contributed by atoms with Gasteiger partial charge >= 0.3 is 5.97 Å². The van der Waals surface area contributed by atoms with Crippen LogP contribution in [0.2, 0.25) is 0 Å². The molecule has 8 heteroatoms. The molecule has 1 atom stereocenters. The van der Waals surface area contributed by atoms with Crippen LogP contribution in [0.25, 0.3) is 0 Å². The van der Waals surface area contributed by atoms with E-state index in [-0.39, 0.29) is 5.75 Å². The van der Waals surface area contributed by atoms with E-state index >= 15 is 0 Å². The Labute approximate surface area is 95.8 Å². The van der Waals surface area contributed by atoms with Crippen molar-refractivity contribution in [3.8, 4) is 0 Å². The van der Waals surface area contributed by atoms with Gasteiger partial charge in [0.05, 0.1) is 12.3 Å². The third-order valence-corrected chi connectivity index (χ3v) is 3.55. The van der Waals surface area contributed by atoms with E-state index in [9.17, 15) is 4.79 Å². The molecule has 0 aliphatic carbocycles. The molecular weight excluding hydrogens is 236 g/mol. The topological polar surface area (TPSA) is 80.9 Å². The maximum atomic E-state index is 10.4. The van der Waals surface area contributed by atoms with Gasteiger partial charge in [0.2, 0.25) is 5.16 Å². The van der Waals surface area contributed by atoms with Gasteiger partial charge in [-0.25, -0.2) is 4.68 Å². The van der Waals surface area contributed by atoms with Gasteiger partial charge in [-0.3, -0.25) is 4.79 Å². The summed E-state index contributed by atoms with van der Waals surface area (Å²) >= 11 is 2.85. The molecule has 1 rings (SSSR count). The maximum absolute atomic E-state index is 10.4. The highest BCUT2D eigenvalue weighted by molar-refractivity contribution is 7.99. The first-order valence-electron chi connectivity index (χ1n) is 4.27. The van der Waals surface area contributed by atoms with Gasteiger partial charge in [0.25, 0.3) is 0 Å². The molecule has 1 aromatic rings. The molecule has 0 amide bonds. The van der Waals surface area contributed by atoms with E-state index in [1.165, 1.54) is 0 Å². The van der Waals surface area contributed by atoms with Gasteiger partial charge < -0.3 is 5.11 Å². The minimum Gasteiger partial charge on any atom is -0.481 e. The highest BCUT2D eigenvalue weighted by Crippen LogP contribution is 2.15.